The summed E-state index contributed by atoms with van der Waals surface area (Å²) in [4.78, 5) is 9.70. The second-order valence-electron chi connectivity index (χ2n) is 7.87. The van der Waals surface area contributed by atoms with E-state index in [0.29, 0.717) is 0 Å². The second-order valence-corrected chi connectivity index (χ2v) is 7.87. The second kappa shape index (κ2) is 9.86. The highest BCUT2D eigenvalue weighted by Gasteiger charge is 2.21. The minimum Gasteiger partial charge on any atom is -0.497 e. The molecule has 0 saturated carbocycles. The number of methoxy groups -OCH3 is 1. The fourth-order valence-electron chi connectivity index (χ4n) is 4.05. The maximum absolute atomic E-state index is 5.24. The first-order valence-electron chi connectivity index (χ1n) is 10.1. The quantitative estimate of drug-likeness (QED) is 0.710. The summed E-state index contributed by atoms with van der Waals surface area (Å²) < 4.78 is 5.24. The zero-order chi connectivity index (χ0) is 19.1. The van der Waals surface area contributed by atoms with Gasteiger partial charge in [-0.3, -0.25) is 4.98 Å². The molecule has 1 saturated heterocycles. The van der Waals surface area contributed by atoms with Gasteiger partial charge >= 0.3 is 0 Å². The zero-order valence-corrected chi connectivity index (χ0v) is 17.0. The molecule has 4 nitrogen and oxygen atoms in total. The SMILES string of the molecule is COc1ccc(CCN2CCC[C@H](CN(C)Cc3cccc(C)n3)C2)cc1. The van der Waals surface area contributed by atoms with E-state index in [4.69, 9.17) is 4.74 Å². The van der Waals surface area contributed by atoms with Crippen molar-refractivity contribution in [3.63, 3.8) is 0 Å². The van der Waals surface area contributed by atoms with Crippen molar-refractivity contribution in [1.82, 2.24) is 14.8 Å². The first-order valence-corrected chi connectivity index (χ1v) is 10.1. The zero-order valence-electron chi connectivity index (χ0n) is 17.0. The van der Waals surface area contributed by atoms with Crippen LogP contribution in [-0.4, -0.2) is 55.1 Å². The average molecular weight is 368 g/mol. The largest absolute Gasteiger partial charge is 0.497 e. The highest BCUT2D eigenvalue weighted by Crippen LogP contribution is 2.19. The number of benzene rings is 1. The Labute approximate surface area is 164 Å². The Morgan fingerprint density at radius 1 is 1.19 bits per heavy atom. The van der Waals surface area contributed by atoms with Crippen LogP contribution in [-0.2, 0) is 13.0 Å². The number of piperidine rings is 1. The molecule has 1 aliphatic heterocycles. The van der Waals surface area contributed by atoms with Crippen LogP contribution >= 0.6 is 0 Å². The highest BCUT2D eigenvalue weighted by atomic mass is 16.5. The lowest BCUT2D eigenvalue weighted by atomic mass is 9.97. The van der Waals surface area contributed by atoms with Gasteiger partial charge in [-0.2, -0.15) is 0 Å². The first-order chi connectivity index (χ1) is 13.1. The smallest absolute Gasteiger partial charge is 0.118 e. The van der Waals surface area contributed by atoms with Crippen LogP contribution in [0, 0.1) is 12.8 Å². The molecule has 0 N–H and O–H groups in total. The summed E-state index contributed by atoms with van der Waals surface area (Å²) in [5, 5.41) is 0. The molecule has 1 fully saturated rings. The Morgan fingerprint density at radius 3 is 2.74 bits per heavy atom. The summed E-state index contributed by atoms with van der Waals surface area (Å²) in [6, 6.07) is 14.8. The Kier molecular flexibility index (Phi) is 7.25. The standard InChI is InChI=1S/C23H33N3O/c1-19-6-4-8-22(24-19)18-25(2)16-21-7-5-14-26(17-21)15-13-20-9-11-23(27-3)12-10-20/h4,6,8-12,21H,5,7,13-18H2,1-3H3/t21-/m1/s1. The van der Waals surface area contributed by atoms with E-state index in [1.165, 1.54) is 37.2 Å². The molecule has 146 valence electrons. The van der Waals surface area contributed by atoms with Crippen molar-refractivity contribution in [2.45, 2.75) is 32.7 Å². The van der Waals surface area contributed by atoms with Crippen molar-refractivity contribution in [3.05, 3.63) is 59.4 Å². The molecule has 1 aromatic heterocycles. The van der Waals surface area contributed by atoms with Crippen LogP contribution < -0.4 is 4.74 Å². The molecule has 2 aromatic rings. The van der Waals surface area contributed by atoms with Crippen molar-refractivity contribution in [2.24, 2.45) is 5.92 Å². The van der Waals surface area contributed by atoms with Crippen LogP contribution in [0.4, 0.5) is 0 Å². The molecule has 0 spiro atoms. The fraction of sp³-hybridized carbons (Fsp3) is 0.522. The van der Waals surface area contributed by atoms with Crippen LogP contribution in [0.15, 0.2) is 42.5 Å². The van der Waals surface area contributed by atoms with Gasteiger partial charge in [-0.15, -0.1) is 0 Å². The lowest BCUT2D eigenvalue weighted by molar-refractivity contribution is 0.142. The molecule has 1 aliphatic rings. The number of aryl methyl sites for hydroxylation is 1. The maximum atomic E-state index is 5.24. The Hall–Kier alpha value is -1.91. The summed E-state index contributed by atoms with van der Waals surface area (Å²) in [6.45, 7) is 7.73. The molecule has 0 bridgehead atoms. The topological polar surface area (TPSA) is 28.6 Å². The van der Waals surface area contributed by atoms with Crippen molar-refractivity contribution >= 4 is 0 Å². The predicted octanol–water partition coefficient (Wildman–Crippen LogP) is 3.79. The predicted molar refractivity (Wildman–Crippen MR) is 111 cm³/mol. The minimum atomic E-state index is 0.754. The highest BCUT2D eigenvalue weighted by molar-refractivity contribution is 5.27. The molecule has 0 amide bonds. The number of likely N-dealkylation sites (tertiary alicyclic amines) is 1. The molecule has 1 aromatic carbocycles. The van der Waals surface area contributed by atoms with E-state index in [0.717, 1.165) is 43.4 Å². The average Bonchev–Trinajstić information content (AvgIpc) is 2.67. The summed E-state index contributed by atoms with van der Waals surface area (Å²) in [7, 11) is 3.94. The Balaban J connectivity index is 1.44. The third kappa shape index (κ3) is 6.33. The van der Waals surface area contributed by atoms with Gasteiger partial charge in [0.05, 0.1) is 12.8 Å². The molecular weight excluding hydrogens is 334 g/mol. The Bertz CT molecular complexity index is 701. The molecule has 2 heterocycles. The van der Waals surface area contributed by atoms with E-state index in [2.05, 4.69) is 71.2 Å². The third-order valence-electron chi connectivity index (χ3n) is 5.43. The van der Waals surface area contributed by atoms with E-state index in [-0.39, 0.29) is 0 Å². The van der Waals surface area contributed by atoms with E-state index >= 15 is 0 Å². The molecule has 27 heavy (non-hydrogen) atoms. The van der Waals surface area contributed by atoms with Gasteiger partial charge < -0.3 is 14.5 Å². The first kappa shape index (κ1) is 19.8. The van der Waals surface area contributed by atoms with E-state index in [9.17, 15) is 0 Å². The van der Waals surface area contributed by atoms with E-state index < -0.39 is 0 Å². The normalized spacial score (nSPS) is 18.0. The van der Waals surface area contributed by atoms with Gasteiger partial charge in [0.25, 0.3) is 0 Å². The molecular formula is C23H33N3O. The van der Waals surface area contributed by atoms with Crippen LogP contribution in [0.25, 0.3) is 0 Å². The molecule has 0 radical (unpaired) electrons. The number of rotatable bonds is 8. The molecule has 4 heteroatoms. The van der Waals surface area contributed by atoms with Crippen molar-refractivity contribution < 1.29 is 4.74 Å². The molecule has 0 unspecified atom stereocenters. The fourth-order valence-corrected chi connectivity index (χ4v) is 4.05. The summed E-state index contributed by atoms with van der Waals surface area (Å²) in [5.41, 5.74) is 3.66. The van der Waals surface area contributed by atoms with Crippen molar-refractivity contribution in [3.8, 4) is 5.75 Å². The third-order valence-corrected chi connectivity index (χ3v) is 5.43. The van der Waals surface area contributed by atoms with Crippen LogP contribution in [0.3, 0.4) is 0 Å². The van der Waals surface area contributed by atoms with E-state index in [1.54, 1.807) is 7.11 Å². The van der Waals surface area contributed by atoms with Gasteiger partial charge in [0.2, 0.25) is 0 Å². The number of pyridine rings is 1. The summed E-state index contributed by atoms with van der Waals surface area (Å²) >= 11 is 0. The Morgan fingerprint density at radius 2 is 2.00 bits per heavy atom. The maximum Gasteiger partial charge on any atom is 0.118 e. The minimum absolute atomic E-state index is 0.754. The lowest BCUT2D eigenvalue weighted by Gasteiger charge is -2.34. The van der Waals surface area contributed by atoms with Crippen LogP contribution in [0.2, 0.25) is 0 Å². The van der Waals surface area contributed by atoms with Crippen LogP contribution in [0.5, 0.6) is 5.75 Å². The van der Waals surface area contributed by atoms with Gasteiger partial charge in [0.1, 0.15) is 5.75 Å². The molecule has 0 aliphatic carbocycles. The van der Waals surface area contributed by atoms with Gasteiger partial charge in [0, 0.05) is 31.9 Å². The van der Waals surface area contributed by atoms with Gasteiger partial charge in [-0.25, -0.2) is 0 Å². The number of hydrogen-bond donors (Lipinski definition) is 0. The number of hydrogen-bond acceptors (Lipinski definition) is 4. The molecule has 3 rings (SSSR count). The monoisotopic (exact) mass is 367 g/mol. The van der Waals surface area contributed by atoms with Crippen LogP contribution in [0.1, 0.15) is 29.8 Å². The van der Waals surface area contributed by atoms with Crippen molar-refractivity contribution in [1.29, 1.82) is 0 Å². The van der Waals surface area contributed by atoms with Crippen molar-refractivity contribution in [2.75, 3.05) is 40.3 Å². The van der Waals surface area contributed by atoms with Gasteiger partial charge in [-0.05, 0) is 75.5 Å². The number of ether oxygens (including phenoxy) is 1. The van der Waals surface area contributed by atoms with E-state index in [1.807, 2.05) is 0 Å². The number of nitrogens with zero attached hydrogens (tertiary/aromatic N) is 3. The lowest BCUT2D eigenvalue weighted by Crippen LogP contribution is -2.40. The molecule has 1 atom stereocenters. The van der Waals surface area contributed by atoms with Gasteiger partial charge in [-0.1, -0.05) is 18.2 Å². The van der Waals surface area contributed by atoms with Gasteiger partial charge in [0.15, 0.2) is 0 Å². The summed E-state index contributed by atoms with van der Waals surface area (Å²) in [6.07, 6.45) is 3.76. The number of aromatic nitrogens is 1. The summed E-state index contributed by atoms with van der Waals surface area (Å²) in [5.74, 6) is 1.69.